The van der Waals surface area contributed by atoms with Crippen molar-refractivity contribution in [2.45, 2.75) is 46.6 Å². The summed E-state index contributed by atoms with van der Waals surface area (Å²) in [4.78, 5) is 14.8. The Morgan fingerprint density at radius 2 is 1.95 bits per heavy atom. The first-order chi connectivity index (χ1) is 18.2. The fraction of sp³-hybridized carbons (Fsp3) is 0.393. The van der Waals surface area contributed by atoms with Crippen molar-refractivity contribution < 1.29 is 8.95 Å². The van der Waals surface area contributed by atoms with Crippen molar-refractivity contribution in [1.29, 1.82) is 0 Å². The summed E-state index contributed by atoms with van der Waals surface area (Å²) >= 11 is 1.54. The van der Waals surface area contributed by atoms with Crippen LogP contribution in [0.3, 0.4) is 0 Å². The molecular formula is C28H34N6O2S2. The number of nitrogens with one attached hydrogen (secondary N) is 3. The molecule has 3 N–H and O–H groups in total. The van der Waals surface area contributed by atoms with Crippen LogP contribution < -0.4 is 20.1 Å². The van der Waals surface area contributed by atoms with Crippen LogP contribution >= 0.6 is 11.3 Å². The maximum absolute atomic E-state index is 12.7. The van der Waals surface area contributed by atoms with Gasteiger partial charge in [0.05, 0.1) is 16.4 Å². The third kappa shape index (κ3) is 6.48. The van der Waals surface area contributed by atoms with E-state index in [0.29, 0.717) is 29.4 Å². The number of aromatic nitrogens is 3. The predicted octanol–water partition coefficient (Wildman–Crippen LogP) is 6.14. The number of hydrogen-bond donors (Lipinski definition) is 3. The normalized spacial score (nSPS) is 16.8. The molecule has 8 nitrogen and oxygen atoms in total. The zero-order valence-corrected chi connectivity index (χ0v) is 23.8. The van der Waals surface area contributed by atoms with Gasteiger partial charge in [0, 0.05) is 35.3 Å². The minimum atomic E-state index is -1.20. The summed E-state index contributed by atoms with van der Waals surface area (Å²) in [5, 5.41) is 9.61. The molecule has 5 rings (SSSR count). The first-order valence-corrected chi connectivity index (χ1v) is 15.0. The highest BCUT2D eigenvalue weighted by Crippen LogP contribution is 2.40. The molecule has 10 heteroatoms. The van der Waals surface area contributed by atoms with Crippen molar-refractivity contribution in [3.05, 3.63) is 53.7 Å². The topological polar surface area (TPSA) is 101 Å². The molecule has 2 unspecified atom stereocenters. The second-order valence-electron chi connectivity index (χ2n) is 10.7. The molecule has 0 radical (unpaired) electrons. The van der Waals surface area contributed by atoms with Crippen molar-refractivity contribution in [3.63, 3.8) is 0 Å². The smallest absolute Gasteiger partial charge is 0.240 e. The van der Waals surface area contributed by atoms with Gasteiger partial charge >= 0.3 is 0 Å². The Balaban J connectivity index is 1.42. The molecule has 2 aromatic heterocycles. The van der Waals surface area contributed by atoms with E-state index in [9.17, 15) is 4.21 Å². The maximum Gasteiger partial charge on any atom is 0.240 e. The second kappa shape index (κ2) is 11.3. The number of rotatable bonds is 8. The van der Waals surface area contributed by atoms with E-state index in [1.165, 1.54) is 0 Å². The summed E-state index contributed by atoms with van der Waals surface area (Å²) in [7, 11) is -1.20. The van der Waals surface area contributed by atoms with Crippen LogP contribution in [0.1, 0.15) is 38.6 Å². The summed E-state index contributed by atoms with van der Waals surface area (Å²) in [5.74, 6) is 2.35. The summed E-state index contributed by atoms with van der Waals surface area (Å²) in [6.45, 7) is 10.2. The lowest BCUT2D eigenvalue weighted by atomic mass is 10.0. The Bertz CT molecular complexity index is 1440. The monoisotopic (exact) mass is 550 g/mol. The standard InChI is InChI=1S/C28H34N6O2S2/c1-18-31-26(25(37-18)23-13-15-30-27(33-23)32-19-8-7-14-29-16-19)36-24-12-11-22(20-9-5-6-10-21(20)24)34-38(35)17-28(2,3)4/h5-6,9-13,15,19,29,34H,7-8,14,16-17H2,1-4H3,(H,30,32,33). The number of piperidine rings is 1. The van der Waals surface area contributed by atoms with E-state index < -0.39 is 11.0 Å². The molecule has 2 aromatic carbocycles. The quantitative estimate of drug-likeness (QED) is 0.242. The molecule has 0 bridgehead atoms. The SMILES string of the molecule is Cc1nc(Oc2ccc(NS(=O)CC(C)(C)C)c3ccccc23)c(-c2ccnc(NC3CCCNC3)n2)s1. The third-order valence-corrected chi connectivity index (χ3v) is 8.65. The molecular weight excluding hydrogens is 516 g/mol. The third-order valence-electron chi connectivity index (χ3n) is 6.10. The Morgan fingerprint density at radius 1 is 1.13 bits per heavy atom. The van der Waals surface area contributed by atoms with Gasteiger partial charge in [0.25, 0.3) is 0 Å². The van der Waals surface area contributed by atoms with Gasteiger partial charge in [0.1, 0.15) is 21.6 Å². The molecule has 0 aliphatic carbocycles. The maximum atomic E-state index is 12.7. The van der Waals surface area contributed by atoms with Gasteiger partial charge in [0.2, 0.25) is 11.8 Å². The number of thiazole rings is 1. The minimum absolute atomic E-state index is 0.0424. The van der Waals surface area contributed by atoms with E-state index in [0.717, 1.165) is 58.0 Å². The number of hydrogen-bond acceptors (Lipinski definition) is 8. The highest BCUT2D eigenvalue weighted by molar-refractivity contribution is 7.86. The Kier molecular flexibility index (Phi) is 7.92. The molecule has 2 atom stereocenters. The van der Waals surface area contributed by atoms with Gasteiger partial charge in [-0.25, -0.2) is 19.2 Å². The van der Waals surface area contributed by atoms with Crippen LogP contribution in [-0.4, -0.2) is 44.0 Å². The van der Waals surface area contributed by atoms with E-state index in [1.807, 2.05) is 49.4 Å². The van der Waals surface area contributed by atoms with Gasteiger partial charge in [-0.2, -0.15) is 0 Å². The van der Waals surface area contributed by atoms with Crippen molar-refractivity contribution in [3.8, 4) is 22.2 Å². The summed E-state index contributed by atoms with van der Waals surface area (Å²) in [6, 6.07) is 14.0. The number of benzene rings is 2. The number of aryl methyl sites for hydroxylation is 1. The Morgan fingerprint density at radius 3 is 2.71 bits per heavy atom. The molecule has 4 aromatic rings. The molecule has 38 heavy (non-hydrogen) atoms. The molecule has 1 fully saturated rings. The number of ether oxygens (including phenoxy) is 1. The van der Waals surface area contributed by atoms with Crippen LogP contribution in [-0.2, 0) is 11.0 Å². The highest BCUT2D eigenvalue weighted by atomic mass is 32.2. The molecule has 0 amide bonds. The fourth-order valence-electron chi connectivity index (χ4n) is 4.46. The highest BCUT2D eigenvalue weighted by Gasteiger charge is 2.20. The lowest BCUT2D eigenvalue weighted by molar-refractivity contribution is 0.472. The molecule has 200 valence electrons. The van der Waals surface area contributed by atoms with E-state index in [1.54, 1.807) is 17.5 Å². The van der Waals surface area contributed by atoms with Crippen molar-refractivity contribution in [2.75, 3.05) is 28.9 Å². The van der Waals surface area contributed by atoms with Gasteiger partial charge < -0.3 is 20.1 Å². The average Bonchev–Trinajstić information content (AvgIpc) is 3.25. The number of nitrogens with zero attached hydrogens (tertiary/aromatic N) is 3. The van der Waals surface area contributed by atoms with Gasteiger partial charge in [-0.15, -0.1) is 11.3 Å². The minimum Gasteiger partial charge on any atom is -0.437 e. The fourth-order valence-corrected chi connectivity index (χ4v) is 6.56. The van der Waals surface area contributed by atoms with Crippen LogP contribution in [0, 0.1) is 12.3 Å². The van der Waals surface area contributed by atoms with Crippen LogP contribution in [0.15, 0.2) is 48.7 Å². The van der Waals surface area contributed by atoms with E-state index in [2.05, 4.69) is 46.1 Å². The van der Waals surface area contributed by atoms with E-state index >= 15 is 0 Å². The summed E-state index contributed by atoms with van der Waals surface area (Å²) in [5.41, 5.74) is 1.54. The lowest BCUT2D eigenvalue weighted by Gasteiger charge is -2.23. The Hall–Kier alpha value is -3.08. The van der Waals surface area contributed by atoms with Gasteiger partial charge in [-0.1, -0.05) is 45.0 Å². The molecule has 0 spiro atoms. The molecule has 1 aliphatic heterocycles. The molecule has 1 aliphatic rings. The van der Waals surface area contributed by atoms with Gasteiger partial charge in [0.15, 0.2) is 0 Å². The molecule has 3 heterocycles. The lowest BCUT2D eigenvalue weighted by Crippen LogP contribution is -2.38. The first-order valence-electron chi connectivity index (χ1n) is 12.9. The summed E-state index contributed by atoms with van der Waals surface area (Å²) < 4.78 is 22.4. The van der Waals surface area contributed by atoms with Gasteiger partial charge in [-0.05, 0) is 49.9 Å². The van der Waals surface area contributed by atoms with Crippen LogP contribution in [0.5, 0.6) is 11.6 Å². The van der Waals surface area contributed by atoms with Crippen molar-refractivity contribution in [1.82, 2.24) is 20.3 Å². The number of anilines is 2. The van der Waals surface area contributed by atoms with E-state index in [4.69, 9.17) is 9.72 Å². The van der Waals surface area contributed by atoms with Crippen molar-refractivity contribution in [2.24, 2.45) is 5.41 Å². The van der Waals surface area contributed by atoms with E-state index in [-0.39, 0.29) is 5.41 Å². The first kappa shape index (κ1) is 26.5. The zero-order chi connectivity index (χ0) is 26.7. The molecule has 0 saturated carbocycles. The average molecular weight is 551 g/mol. The van der Waals surface area contributed by atoms with Crippen molar-refractivity contribution >= 4 is 44.7 Å². The van der Waals surface area contributed by atoms with Crippen LogP contribution in [0.4, 0.5) is 11.6 Å². The Labute approximate surface area is 230 Å². The largest absolute Gasteiger partial charge is 0.437 e. The second-order valence-corrected chi connectivity index (χ2v) is 13.1. The number of fused-ring (bicyclic) bond motifs is 1. The zero-order valence-electron chi connectivity index (χ0n) is 22.2. The predicted molar refractivity (Wildman–Crippen MR) is 158 cm³/mol. The molecule has 1 saturated heterocycles. The van der Waals surface area contributed by atoms with Gasteiger partial charge in [-0.3, -0.25) is 0 Å². The van der Waals surface area contributed by atoms with Crippen LogP contribution in [0.25, 0.3) is 21.3 Å². The summed E-state index contributed by atoms with van der Waals surface area (Å²) in [6.07, 6.45) is 4.00. The van der Waals surface area contributed by atoms with Crippen LogP contribution in [0.2, 0.25) is 0 Å².